The highest BCUT2D eigenvalue weighted by molar-refractivity contribution is 7.25. The topological polar surface area (TPSA) is 17.3 Å². The number of benzene rings is 2. The van der Waals surface area contributed by atoms with Crippen molar-refractivity contribution >= 4 is 48.3 Å². The van der Waals surface area contributed by atoms with Crippen LogP contribution in [0.4, 0.5) is 0 Å². The number of hydrogen-bond donors (Lipinski definition) is 0. The van der Waals surface area contributed by atoms with Crippen molar-refractivity contribution < 1.29 is 0 Å². The number of thiophene rings is 1. The van der Waals surface area contributed by atoms with E-state index < -0.39 is 0 Å². The normalized spacial score (nSPS) is 12.0. The van der Waals surface area contributed by atoms with E-state index in [0.29, 0.717) is 0 Å². The van der Waals surface area contributed by atoms with Gasteiger partial charge in [0.15, 0.2) is 0 Å². The summed E-state index contributed by atoms with van der Waals surface area (Å²) in [5.41, 5.74) is 3.36. The molecule has 0 aliphatic heterocycles. The minimum Gasteiger partial charge on any atom is -0.284 e. The molecule has 0 aliphatic carbocycles. The highest BCUT2D eigenvalue weighted by Gasteiger charge is 2.12. The lowest BCUT2D eigenvalue weighted by atomic mass is 10.2. The number of para-hydroxylation sites is 1. The first-order valence-corrected chi connectivity index (χ1v) is 7.41. The number of rotatable bonds is 0. The van der Waals surface area contributed by atoms with Gasteiger partial charge in [0.2, 0.25) is 0 Å². The first-order chi connectivity index (χ1) is 9.92. The van der Waals surface area contributed by atoms with Crippen molar-refractivity contribution in [3.8, 4) is 0 Å². The Morgan fingerprint density at radius 1 is 0.850 bits per heavy atom. The molecule has 2 nitrogen and oxygen atoms in total. The van der Waals surface area contributed by atoms with E-state index in [0.717, 1.165) is 11.2 Å². The van der Waals surface area contributed by atoms with Crippen LogP contribution in [0.2, 0.25) is 0 Å². The molecule has 3 heterocycles. The lowest BCUT2D eigenvalue weighted by Gasteiger charge is -2.01. The van der Waals surface area contributed by atoms with Gasteiger partial charge in [0.1, 0.15) is 16.0 Å². The fourth-order valence-electron chi connectivity index (χ4n) is 2.89. The van der Waals surface area contributed by atoms with E-state index in [4.69, 9.17) is 4.98 Å². The van der Waals surface area contributed by atoms with E-state index in [9.17, 15) is 0 Å². The number of aromatic nitrogens is 2. The Labute approximate surface area is 118 Å². The van der Waals surface area contributed by atoms with Crippen molar-refractivity contribution in [1.29, 1.82) is 0 Å². The minimum atomic E-state index is 1.02. The van der Waals surface area contributed by atoms with E-state index in [2.05, 4.69) is 65.1 Å². The van der Waals surface area contributed by atoms with Crippen LogP contribution in [0.1, 0.15) is 0 Å². The molecule has 0 unspecified atom stereocenters. The van der Waals surface area contributed by atoms with Crippen LogP contribution in [-0.4, -0.2) is 9.38 Å². The third kappa shape index (κ3) is 1.20. The van der Waals surface area contributed by atoms with Gasteiger partial charge in [0.25, 0.3) is 0 Å². The van der Waals surface area contributed by atoms with Gasteiger partial charge in [0.05, 0.1) is 5.52 Å². The summed E-state index contributed by atoms with van der Waals surface area (Å²) in [6, 6.07) is 21.2. The van der Waals surface area contributed by atoms with Crippen molar-refractivity contribution in [1.82, 2.24) is 9.38 Å². The molecular weight excluding hydrogens is 264 g/mol. The van der Waals surface area contributed by atoms with Crippen molar-refractivity contribution in [2.24, 2.45) is 0 Å². The van der Waals surface area contributed by atoms with Crippen molar-refractivity contribution in [2.75, 3.05) is 0 Å². The molecule has 0 atom stereocenters. The van der Waals surface area contributed by atoms with Crippen molar-refractivity contribution in [3.63, 3.8) is 0 Å². The van der Waals surface area contributed by atoms with E-state index in [-0.39, 0.29) is 0 Å². The zero-order valence-electron chi connectivity index (χ0n) is 10.6. The van der Waals surface area contributed by atoms with Gasteiger partial charge in [-0.25, -0.2) is 4.98 Å². The molecule has 0 N–H and O–H groups in total. The van der Waals surface area contributed by atoms with Crippen LogP contribution in [0.5, 0.6) is 0 Å². The monoisotopic (exact) mass is 274 g/mol. The molecule has 2 aromatic carbocycles. The summed E-state index contributed by atoms with van der Waals surface area (Å²) in [7, 11) is 0. The second-order valence-corrected chi connectivity index (χ2v) is 5.98. The number of hydrogen-bond acceptors (Lipinski definition) is 2. The second kappa shape index (κ2) is 3.58. The van der Waals surface area contributed by atoms with Crippen LogP contribution in [0, 0.1) is 0 Å². The molecule has 0 amide bonds. The molecule has 0 saturated carbocycles. The fourth-order valence-corrected chi connectivity index (χ4v) is 4.05. The quantitative estimate of drug-likeness (QED) is 0.394. The average molecular weight is 274 g/mol. The number of fused-ring (bicyclic) bond motifs is 7. The van der Waals surface area contributed by atoms with Crippen LogP contribution in [-0.2, 0) is 0 Å². The standard InChI is InChI=1S/C17H10N2S/c1-3-7-13-11(5-1)9-10-15-18-16-12-6-2-4-8-14(12)20-17(16)19(13)15/h1-10H. The summed E-state index contributed by atoms with van der Waals surface area (Å²) < 4.78 is 3.57. The van der Waals surface area contributed by atoms with Crippen LogP contribution in [0.3, 0.4) is 0 Å². The van der Waals surface area contributed by atoms with E-state index in [1.807, 2.05) is 11.3 Å². The first kappa shape index (κ1) is 10.4. The van der Waals surface area contributed by atoms with E-state index in [1.54, 1.807) is 0 Å². The van der Waals surface area contributed by atoms with Gasteiger partial charge >= 0.3 is 0 Å². The Kier molecular flexibility index (Phi) is 1.86. The Morgan fingerprint density at radius 2 is 1.70 bits per heavy atom. The maximum absolute atomic E-state index is 4.83. The molecule has 3 aromatic heterocycles. The summed E-state index contributed by atoms with van der Waals surface area (Å²) in [4.78, 5) is 6.06. The summed E-state index contributed by atoms with van der Waals surface area (Å²) in [5, 5.41) is 2.50. The van der Waals surface area contributed by atoms with E-state index >= 15 is 0 Å². The third-order valence-electron chi connectivity index (χ3n) is 3.80. The second-order valence-electron chi connectivity index (χ2n) is 4.95. The SMILES string of the molecule is c1ccc2c(c1)ccc1nc3c4ccccc4sc3n12. The zero-order chi connectivity index (χ0) is 13.1. The molecule has 0 aliphatic rings. The fraction of sp³-hybridized carbons (Fsp3) is 0. The lowest BCUT2D eigenvalue weighted by Crippen LogP contribution is -1.86. The van der Waals surface area contributed by atoms with Gasteiger partial charge in [-0.1, -0.05) is 36.4 Å². The summed E-state index contributed by atoms with van der Waals surface area (Å²) in [6.07, 6.45) is 0. The van der Waals surface area contributed by atoms with Gasteiger partial charge in [-0.3, -0.25) is 4.40 Å². The third-order valence-corrected chi connectivity index (χ3v) is 4.94. The molecule has 0 saturated heterocycles. The van der Waals surface area contributed by atoms with Gasteiger partial charge in [-0.15, -0.1) is 11.3 Å². The number of imidazole rings is 1. The number of pyridine rings is 1. The molecule has 0 bridgehead atoms. The summed E-state index contributed by atoms with van der Waals surface area (Å²) in [6.45, 7) is 0. The molecule has 0 fully saturated rings. The molecular formula is C17H10N2S. The molecule has 94 valence electrons. The Bertz CT molecular complexity index is 1100. The van der Waals surface area contributed by atoms with Gasteiger partial charge in [-0.05, 0) is 29.7 Å². The molecule has 3 heteroatoms. The first-order valence-electron chi connectivity index (χ1n) is 6.59. The molecule has 5 aromatic rings. The van der Waals surface area contributed by atoms with Crippen LogP contribution >= 0.6 is 11.3 Å². The molecule has 0 spiro atoms. The Hall–Kier alpha value is -2.39. The van der Waals surface area contributed by atoms with Gasteiger partial charge in [-0.2, -0.15) is 0 Å². The van der Waals surface area contributed by atoms with E-state index in [1.165, 1.54) is 25.8 Å². The lowest BCUT2D eigenvalue weighted by molar-refractivity contribution is 1.31. The minimum absolute atomic E-state index is 1.02. The van der Waals surface area contributed by atoms with Crippen molar-refractivity contribution in [2.45, 2.75) is 0 Å². The van der Waals surface area contributed by atoms with Crippen molar-refractivity contribution in [3.05, 3.63) is 60.7 Å². The summed E-state index contributed by atoms with van der Waals surface area (Å²) in [5.74, 6) is 0. The maximum atomic E-state index is 4.83. The predicted molar refractivity (Wildman–Crippen MR) is 85.6 cm³/mol. The summed E-state index contributed by atoms with van der Waals surface area (Å²) >= 11 is 1.81. The maximum Gasteiger partial charge on any atom is 0.139 e. The smallest absolute Gasteiger partial charge is 0.139 e. The van der Waals surface area contributed by atoms with Gasteiger partial charge in [0, 0.05) is 10.1 Å². The zero-order valence-corrected chi connectivity index (χ0v) is 11.4. The Balaban J connectivity index is 2.13. The predicted octanol–water partition coefficient (Wildman–Crippen LogP) is 4.86. The highest BCUT2D eigenvalue weighted by Crippen LogP contribution is 2.35. The van der Waals surface area contributed by atoms with Gasteiger partial charge < -0.3 is 0 Å². The van der Waals surface area contributed by atoms with Crippen LogP contribution in [0.15, 0.2) is 60.7 Å². The largest absolute Gasteiger partial charge is 0.284 e. The highest BCUT2D eigenvalue weighted by atomic mass is 32.1. The average Bonchev–Trinajstić information content (AvgIpc) is 3.03. The Morgan fingerprint density at radius 3 is 2.70 bits per heavy atom. The number of nitrogens with zero attached hydrogens (tertiary/aromatic N) is 2. The van der Waals surface area contributed by atoms with Crippen LogP contribution < -0.4 is 0 Å². The van der Waals surface area contributed by atoms with Crippen LogP contribution in [0.25, 0.3) is 37.0 Å². The molecule has 5 rings (SSSR count). The molecule has 20 heavy (non-hydrogen) atoms. The molecule has 0 radical (unpaired) electrons.